The van der Waals surface area contributed by atoms with Crippen molar-refractivity contribution in [3.05, 3.63) is 51.7 Å². The van der Waals surface area contributed by atoms with E-state index in [4.69, 9.17) is 9.73 Å². The topological polar surface area (TPSA) is 49.8 Å². The van der Waals surface area contributed by atoms with Crippen LogP contribution in [-0.4, -0.2) is 43.1 Å². The number of nitrogens with one attached hydrogen (secondary N) is 1. The maximum Gasteiger partial charge on any atom is 0.194 e. The first-order valence-electron chi connectivity index (χ1n) is 9.49. The smallest absolute Gasteiger partial charge is 0.194 e. The van der Waals surface area contributed by atoms with Gasteiger partial charge in [-0.05, 0) is 31.5 Å². The van der Waals surface area contributed by atoms with Crippen molar-refractivity contribution in [2.45, 2.75) is 45.8 Å². The minimum atomic E-state index is -0.221. The van der Waals surface area contributed by atoms with E-state index in [-0.39, 0.29) is 41.3 Å². The van der Waals surface area contributed by atoms with Crippen LogP contribution in [0.15, 0.2) is 34.6 Å². The first-order valence-corrected chi connectivity index (χ1v) is 10.4. The van der Waals surface area contributed by atoms with Gasteiger partial charge in [0.1, 0.15) is 16.9 Å². The van der Waals surface area contributed by atoms with Crippen LogP contribution in [0.3, 0.4) is 0 Å². The number of hydrogen-bond acceptors (Lipinski definition) is 4. The van der Waals surface area contributed by atoms with Gasteiger partial charge in [0.25, 0.3) is 0 Å². The monoisotopic (exact) mass is 534 g/mol. The normalized spacial score (nSPS) is 13.0. The lowest BCUT2D eigenvalue weighted by molar-refractivity contribution is 0.119. The summed E-state index contributed by atoms with van der Waals surface area (Å²) in [5.74, 6) is 0.605. The molecule has 1 N–H and O–H groups in total. The average Bonchev–Trinajstić information content (AvgIpc) is 3.13. The molecule has 1 atom stereocenters. The van der Waals surface area contributed by atoms with Crippen LogP contribution in [0.5, 0.6) is 0 Å². The predicted octanol–water partition coefficient (Wildman–Crippen LogP) is 4.98. The fraction of sp³-hybridized carbons (Fsp3) is 0.524. The number of aliphatic imine (C=N–C) groups is 1. The van der Waals surface area contributed by atoms with Gasteiger partial charge < -0.3 is 15.0 Å². The van der Waals surface area contributed by atoms with E-state index in [9.17, 15) is 4.39 Å². The summed E-state index contributed by atoms with van der Waals surface area (Å²) in [7, 11) is 3.70. The van der Waals surface area contributed by atoms with Crippen molar-refractivity contribution in [2.75, 3.05) is 27.2 Å². The van der Waals surface area contributed by atoms with Crippen molar-refractivity contribution in [2.24, 2.45) is 4.99 Å². The van der Waals surface area contributed by atoms with Crippen LogP contribution >= 0.6 is 35.3 Å². The minimum Gasteiger partial charge on any atom is -0.375 e. The van der Waals surface area contributed by atoms with E-state index in [0.29, 0.717) is 13.1 Å². The Labute approximate surface area is 194 Å². The molecule has 0 amide bonds. The van der Waals surface area contributed by atoms with Gasteiger partial charge >= 0.3 is 0 Å². The molecule has 0 bridgehead atoms. The zero-order valence-corrected chi connectivity index (χ0v) is 21.2. The van der Waals surface area contributed by atoms with E-state index in [1.54, 1.807) is 18.4 Å². The summed E-state index contributed by atoms with van der Waals surface area (Å²) in [5.41, 5.74) is 1.86. The molecule has 2 rings (SSSR count). The number of ether oxygens (including phenoxy) is 1. The number of thiazole rings is 1. The largest absolute Gasteiger partial charge is 0.375 e. The second kappa shape index (κ2) is 11.8. The second-order valence-corrected chi connectivity index (χ2v) is 8.36. The highest BCUT2D eigenvalue weighted by Gasteiger charge is 2.21. The summed E-state index contributed by atoms with van der Waals surface area (Å²) < 4.78 is 18.6. The van der Waals surface area contributed by atoms with Crippen molar-refractivity contribution in [3.63, 3.8) is 0 Å². The van der Waals surface area contributed by atoms with Crippen LogP contribution < -0.4 is 5.32 Å². The lowest BCUT2D eigenvalue weighted by Gasteiger charge is -2.26. The molecular weight excluding hydrogens is 502 g/mol. The van der Waals surface area contributed by atoms with Crippen LogP contribution in [0.1, 0.15) is 50.1 Å². The standard InChI is InChI=1S/C21H31FN4OS.HI/c1-7-23-20(24-14-21(3,4)16-8-10-17(22)11-9-16)26(5)12-18-13-28-19(25-18)15(2)27-6;/h8-11,13,15H,7,12,14H2,1-6H3,(H,23,24);1H. The van der Waals surface area contributed by atoms with Gasteiger partial charge in [0.05, 0.1) is 18.8 Å². The summed E-state index contributed by atoms with van der Waals surface area (Å²) >= 11 is 1.61. The number of halogens is 2. The molecule has 0 aliphatic carbocycles. The van der Waals surface area contributed by atoms with E-state index >= 15 is 0 Å². The van der Waals surface area contributed by atoms with Crippen LogP contribution in [0.25, 0.3) is 0 Å². The Morgan fingerprint density at radius 3 is 2.59 bits per heavy atom. The van der Waals surface area contributed by atoms with Crippen molar-refractivity contribution >= 4 is 41.3 Å². The van der Waals surface area contributed by atoms with Gasteiger partial charge in [-0.2, -0.15) is 0 Å². The van der Waals surface area contributed by atoms with Crippen molar-refractivity contribution in [1.29, 1.82) is 0 Å². The molecule has 1 unspecified atom stereocenters. The third-order valence-electron chi connectivity index (χ3n) is 4.62. The SMILES string of the molecule is CCNC(=NCC(C)(C)c1ccc(F)cc1)N(C)Cc1csc(C(C)OC)n1.I. The molecule has 2 aromatic rings. The van der Waals surface area contributed by atoms with Gasteiger partial charge in [-0.3, -0.25) is 4.99 Å². The molecule has 0 aliphatic heterocycles. The molecule has 1 aromatic heterocycles. The highest BCUT2D eigenvalue weighted by Crippen LogP contribution is 2.24. The molecule has 1 heterocycles. The Kier molecular flexibility index (Phi) is 10.5. The maximum atomic E-state index is 13.2. The van der Waals surface area contributed by atoms with E-state index in [1.165, 1.54) is 12.1 Å². The van der Waals surface area contributed by atoms with Gasteiger partial charge in [-0.1, -0.05) is 26.0 Å². The Bertz CT molecular complexity index is 779. The number of aromatic nitrogens is 1. The summed E-state index contributed by atoms with van der Waals surface area (Å²) in [6, 6.07) is 6.66. The highest BCUT2D eigenvalue weighted by atomic mass is 127. The Balaban J connectivity index is 0.00000420. The zero-order chi connectivity index (χ0) is 20.7. The summed E-state index contributed by atoms with van der Waals surface area (Å²) in [6.07, 6.45) is 0.00229. The number of benzene rings is 1. The minimum absolute atomic E-state index is 0. The first kappa shape index (κ1) is 25.8. The summed E-state index contributed by atoms with van der Waals surface area (Å²) in [4.78, 5) is 11.6. The molecule has 0 aliphatic rings. The predicted molar refractivity (Wildman–Crippen MR) is 130 cm³/mol. The highest BCUT2D eigenvalue weighted by molar-refractivity contribution is 14.0. The summed E-state index contributed by atoms with van der Waals surface area (Å²) in [5, 5.41) is 6.38. The molecule has 8 heteroatoms. The Morgan fingerprint density at radius 2 is 2.00 bits per heavy atom. The van der Waals surface area contributed by atoms with Crippen molar-refractivity contribution in [1.82, 2.24) is 15.2 Å². The lowest BCUT2D eigenvalue weighted by Crippen LogP contribution is -2.39. The van der Waals surface area contributed by atoms with Crippen LogP contribution in [0.4, 0.5) is 4.39 Å². The Hall–Kier alpha value is -1.26. The molecule has 0 fully saturated rings. The van der Waals surface area contributed by atoms with E-state index in [0.717, 1.165) is 28.8 Å². The molecule has 0 saturated carbocycles. The average molecular weight is 534 g/mol. The van der Waals surface area contributed by atoms with E-state index < -0.39 is 0 Å². The van der Waals surface area contributed by atoms with Crippen LogP contribution in [0.2, 0.25) is 0 Å². The van der Waals surface area contributed by atoms with Gasteiger partial charge in [0.2, 0.25) is 0 Å². The third-order valence-corrected chi connectivity index (χ3v) is 5.67. The first-order chi connectivity index (χ1) is 13.3. The quantitative estimate of drug-likeness (QED) is 0.295. The second-order valence-electron chi connectivity index (χ2n) is 7.47. The number of rotatable bonds is 8. The van der Waals surface area contributed by atoms with Crippen LogP contribution in [0, 0.1) is 5.82 Å². The lowest BCUT2D eigenvalue weighted by atomic mass is 9.85. The van der Waals surface area contributed by atoms with Gasteiger partial charge in [-0.25, -0.2) is 9.37 Å². The maximum absolute atomic E-state index is 13.2. The molecule has 0 saturated heterocycles. The van der Waals surface area contributed by atoms with Crippen molar-refractivity contribution < 1.29 is 9.13 Å². The van der Waals surface area contributed by atoms with Crippen molar-refractivity contribution in [3.8, 4) is 0 Å². The van der Waals surface area contributed by atoms with Gasteiger partial charge in [0, 0.05) is 31.5 Å². The molecule has 0 spiro atoms. The number of methoxy groups -OCH3 is 1. The Morgan fingerprint density at radius 1 is 1.34 bits per heavy atom. The molecule has 1 aromatic carbocycles. The molecule has 29 heavy (non-hydrogen) atoms. The van der Waals surface area contributed by atoms with E-state index in [1.807, 2.05) is 26.1 Å². The fourth-order valence-corrected chi connectivity index (χ4v) is 3.58. The number of hydrogen-bond donors (Lipinski definition) is 1. The molecule has 162 valence electrons. The fourth-order valence-electron chi connectivity index (χ4n) is 2.74. The van der Waals surface area contributed by atoms with Crippen LogP contribution in [-0.2, 0) is 16.7 Å². The number of guanidine groups is 1. The molecule has 0 radical (unpaired) electrons. The van der Waals surface area contributed by atoms with Gasteiger partial charge in [0.15, 0.2) is 5.96 Å². The van der Waals surface area contributed by atoms with E-state index in [2.05, 4.69) is 41.4 Å². The van der Waals surface area contributed by atoms with Gasteiger partial charge in [-0.15, -0.1) is 35.3 Å². The molecular formula is C21H32FIN4OS. The summed E-state index contributed by atoms with van der Waals surface area (Å²) in [6.45, 7) is 10.3. The number of nitrogens with zero attached hydrogens (tertiary/aromatic N) is 3. The third kappa shape index (κ3) is 7.49. The zero-order valence-electron chi connectivity index (χ0n) is 18.0. The molecule has 5 nitrogen and oxygen atoms in total.